The second-order valence-electron chi connectivity index (χ2n) is 5.18. The maximum Gasteiger partial charge on any atom is 0.267 e. The number of nitriles is 1. The van der Waals surface area contributed by atoms with E-state index >= 15 is 0 Å². The quantitative estimate of drug-likeness (QED) is 0.317. The van der Waals surface area contributed by atoms with Crippen molar-refractivity contribution >= 4 is 11.6 Å². The number of nitrogens with one attached hydrogen (secondary N) is 2. The summed E-state index contributed by atoms with van der Waals surface area (Å²) in [6.07, 6.45) is 3.22. The molecule has 0 saturated heterocycles. The number of hydrogen-bond donors (Lipinski definition) is 3. The molecule has 5 nitrogen and oxygen atoms in total. The van der Waals surface area contributed by atoms with Gasteiger partial charge in [0, 0.05) is 12.7 Å². The van der Waals surface area contributed by atoms with E-state index in [1.54, 1.807) is 18.2 Å². The van der Waals surface area contributed by atoms with Gasteiger partial charge in [-0.3, -0.25) is 4.79 Å². The molecule has 0 heterocycles. The Morgan fingerprint density at radius 3 is 2.54 bits per heavy atom. The SMILES string of the molecule is N#C/C(=C/NCCCc1ccccc1)C(=O)Nc1ccccc1O. The monoisotopic (exact) mass is 321 g/mol. The Balaban J connectivity index is 1.82. The topological polar surface area (TPSA) is 85.2 Å². The first kappa shape index (κ1) is 17.1. The minimum Gasteiger partial charge on any atom is -0.506 e. The smallest absolute Gasteiger partial charge is 0.267 e. The summed E-state index contributed by atoms with van der Waals surface area (Å²) < 4.78 is 0. The zero-order chi connectivity index (χ0) is 17.2. The molecule has 0 aliphatic carbocycles. The molecule has 2 rings (SSSR count). The van der Waals surface area contributed by atoms with Crippen LogP contribution >= 0.6 is 0 Å². The molecule has 5 heteroatoms. The van der Waals surface area contributed by atoms with Crippen molar-refractivity contribution in [3.63, 3.8) is 0 Å². The van der Waals surface area contributed by atoms with E-state index in [1.165, 1.54) is 17.8 Å². The van der Waals surface area contributed by atoms with Gasteiger partial charge >= 0.3 is 0 Å². The summed E-state index contributed by atoms with van der Waals surface area (Å²) in [5.74, 6) is -0.603. The number of hydrogen-bond acceptors (Lipinski definition) is 4. The van der Waals surface area contributed by atoms with Crippen LogP contribution in [0.1, 0.15) is 12.0 Å². The Labute approximate surface area is 141 Å². The van der Waals surface area contributed by atoms with Crippen LogP contribution in [0.3, 0.4) is 0 Å². The van der Waals surface area contributed by atoms with Crippen molar-refractivity contribution in [2.75, 3.05) is 11.9 Å². The molecule has 3 N–H and O–H groups in total. The number of aromatic hydroxyl groups is 1. The van der Waals surface area contributed by atoms with Crippen LogP contribution in [0.5, 0.6) is 5.75 Å². The molecule has 0 unspecified atom stereocenters. The van der Waals surface area contributed by atoms with Crippen molar-refractivity contribution < 1.29 is 9.90 Å². The summed E-state index contributed by atoms with van der Waals surface area (Å²) in [5.41, 5.74) is 1.48. The number of benzene rings is 2. The van der Waals surface area contributed by atoms with E-state index in [0.29, 0.717) is 6.54 Å². The highest BCUT2D eigenvalue weighted by molar-refractivity contribution is 6.07. The van der Waals surface area contributed by atoms with Crippen molar-refractivity contribution in [2.24, 2.45) is 0 Å². The summed E-state index contributed by atoms with van der Waals surface area (Å²) >= 11 is 0. The highest BCUT2D eigenvalue weighted by atomic mass is 16.3. The number of para-hydroxylation sites is 2. The molecule has 0 aromatic heterocycles. The Morgan fingerprint density at radius 2 is 1.83 bits per heavy atom. The van der Waals surface area contributed by atoms with Crippen molar-refractivity contribution in [3.8, 4) is 11.8 Å². The first-order valence-corrected chi connectivity index (χ1v) is 7.67. The molecule has 0 atom stereocenters. The van der Waals surface area contributed by atoms with Crippen molar-refractivity contribution in [1.29, 1.82) is 5.26 Å². The Kier molecular flexibility index (Phi) is 6.42. The van der Waals surface area contributed by atoms with E-state index in [-0.39, 0.29) is 17.0 Å². The predicted molar refractivity (Wildman–Crippen MR) is 93.2 cm³/mol. The molecule has 2 aromatic carbocycles. The van der Waals surface area contributed by atoms with Crippen LogP contribution in [0, 0.1) is 11.3 Å². The summed E-state index contributed by atoms with van der Waals surface area (Å²) in [5, 5.41) is 24.2. The van der Waals surface area contributed by atoms with E-state index in [1.807, 2.05) is 24.3 Å². The van der Waals surface area contributed by atoms with Gasteiger partial charge in [-0.2, -0.15) is 5.26 Å². The lowest BCUT2D eigenvalue weighted by Crippen LogP contribution is -2.17. The summed E-state index contributed by atoms with van der Waals surface area (Å²) in [4.78, 5) is 12.0. The van der Waals surface area contributed by atoms with Gasteiger partial charge in [0.05, 0.1) is 5.69 Å². The maximum atomic E-state index is 12.0. The number of phenolic OH excluding ortho intramolecular Hbond substituents is 1. The van der Waals surface area contributed by atoms with Crippen LogP contribution in [0.15, 0.2) is 66.4 Å². The highest BCUT2D eigenvalue weighted by Crippen LogP contribution is 2.21. The van der Waals surface area contributed by atoms with E-state index in [9.17, 15) is 9.90 Å². The third-order valence-corrected chi connectivity index (χ3v) is 3.39. The average molecular weight is 321 g/mol. The molecular weight excluding hydrogens is 302 g/mol. The van der Waals surface area contributed by atoms with Crippen molar-refractivity contribution in [3.05, 3.63) is 71.9 Å². The van der Waals surface area contributed by atoms with Gasteiger partial charge in [-0.05, 0) is 30.5 Å². The Hall–Kier alpha value is -3.26. The number of carbonyl (C=O) groups excluding carboxylic acids is 1. The largest absolute Gasteiger partial charge is 0.506 e. The molecule has 0 bridgehead atoms. The van der Waals surface area contributed by atoms with Crippen molar-refractivity contribution in [2.45, 2.75) is 12.8 Å². The second-order valence-corrected chi connectivity index (χ2v) is 5.18. The lowest BCUT2D eigenvalue weighted by Gasteiger charge is -2.06. The van der Waals surface area contributed by atoms with Gasteiger partial charge in [-0.25, -0.2) is 0 Å². The van der Waals surface area contributed by atoms with Crippen LogP contribution in [0.2, 0.25) is 0 Å². The van der Waals surface area contributed by atoms with Crippen LogP contribution in [-0.2, 0) is 11.2 Å². The molecule has 1 amide bonds. The number of amides is 1. The van der Waals surface area contributed by atoms with Gasteiger partial charge in [0.15, 0.2) is 0 Å². The Morgan fingerprint density at radius 1 is 1.12 bits per heavy atom. The normalized spacial score (nSPS) is 10.7. The highest BCUT2D eigenvalue weighted by Gasteiger charge is 2.10. The number of phenols is 1. The van der Waals surface area contributed by atoms with E-state index in [2.05, 4.69) is 22.8 Å². The summed E-state index contributed by atoms with van der Waals surface area (Å²) in [6, 6.07) is 18.3. The molecule has 2 aromatic rings. The first-order chi connectivity index (χ1) is 11.7. The van der Waals surface area contributed by atoms with Crippen LogP contribution in [0.25, 0.3) is 0 Å². The molecule has 122 valence electrons. The second kappa shape index (κ2) is 9.01. The predicted octanol–water partition coefficient (Wildman–Crippen LogP) is 2.96. The van der Waals surface area contributed by atoms with Gasteiger partial charge in [0.25, 0.3) is 5.91 Å². The molecule has 0 spiro atoms. The molecule has 0 aliphatic rings. The average Bonchev–Trinajstić information content (AvgIpc) is 2.61. The summed E-state index contributed by atoms with van der Waals surface area (Å²) in [6.45, 7) is 0.657. The van der Waals surface area contributed by atoms with E-state index < -0.39 is 5.91 Å². The lowest BCUT2D eigenvalue weighted by molar-refractivity contribution is -0.112. The van der Waals surface area contributed by atoms with Gasteiger partial charge in [-0.15, -0.1) is 0 Å². The molecule has 24 heavy (non-hydrogen) atoms. The molecule has 0 saturated carbocycles. The summed E-state index contributed by atoms with van der Waals surface area (Å²) in [7, 11) is 0. The number of anilines is 1. The minimum absolute atomic E-state index is 0.0426. The molecular formula is C19H19N3O2. The van der Waals surface area contributed by atoms with Crippen LogP contribution in [-0.4, -0.2) is 17.6 Å². The zero-order valence-corrected chi connectivity index (χ0v) is 13.2. The van der Waals surface area contributed by atoms with Crippen molar-refractivity contribution in [1.82, 2.24) is 5.32 Å². The number of carbonyl (C=O) groups is 1. The first-order valence-electron chi connectivity index (χ1n) is 7.67. The Bertz CT molecular complexity index is 749. The molecule has 0 radical (unpaired) electrons. The van der Waals surface area contributed by atoms with Gasteiger partial charge in [0.1, 0.15) is 17.4 Å². The zero-order valence-electron chi connectivity index (χ0n) is 13.2. The fourth-order valence-electron chi connectivity index (χ4n) is 2.13. The maximum absolute atomic E-state index is 12.0. The standard InChI is InChI=1S/C19H19N3O2/c20-13-16(19(24)22-17-10-4-5-11-18(17)23)14-21-12-6-9-15-7-2-1-3-8-15/h1-5,7-8,10-11,14,21,23H,6,9,12H2,(H,22,24)/b16-14-. The lowest BCUT2D eigenvalue weighted by atomic mass is 10.1. The molecule has 0 fully saturated rings. The third-order valence-electron chi connectivity index (χ3n) is 3.39. The third kappa shape index (κ3) is 5.18. The number of aryl methyl sites for hydroxylation is 1. The number of nitrogens with zero attached hydrogens (tertiary/aromatic N) is 1. The molecule has 0 aliphatic heterocycles. The van der Waals surface area contributed by atoms with E-state index in [4.69, 9.17) is 5.26 Å². The van der Waals surface area contributed by atoms with E-state index in [0.717, 1.165) is 12.8 Å². The number of rotatable bonds is 7. The van der Waals surface area contributed by atoms with Gasteiger partial charge in [0.2, 0.25) is 0 Å². The fourth-order valence-corrected chi connectivity index (χ4v) is 2.13. The van der Waals surface area contributed by atoms with Gasteiger partial charge < -0.3 is 15.7 Å². The van der Waals surface area contributed by atoms with Crippen LogP contribution < -0.4 is 10.6 Å². The minimum atomic E-state index is -0.561. The van der Waals surface area contributed by atoms with Crippen LogP contribution in [0.4, 0.5) is 5.69 Å². The van der Waals surface area contributed by atoms with Gasteiger partial charge in [-0.1, -0.05) is 42.5 Å². The fraction of sp³-hybridized carbons (Fsp3) is 0.158.